The lowest BCUT2D eigenvalue weighted by atomic mass is 10.0. The first-order valence-corrected chi connectivity index (χ1v) is 8.97. The van der Waals surface area contributed by atoms with Crippen LogP contribution in [0.4, 0.5) is 0 Å². The van der Waals surface area contributed by atoms with E-state index in [1.165, 1.54) is 0 Å². The highest BCUT2D eigenvalue weighted by atomic mass is 32.2. The van der Waals surface area contributed by atoms with Crippen molar-refractivity contribution >= 4 is 10.0 Å². The first-order valence-electron chi connectivity index (χ1n) is 7.49. The van der Waals surface area contributed by atoms with Crippen LogP contribution in [0.25, 0.3) is 0 Å². The van der Waals surface area contributed by atoms with Crippen LogP contribution in [-0.2, 0) is 16.6 Å². The van der Waals surface area contributed by atoms with Crippen LogP contribution < -0.4 is 4.72 Å². The minimum Gasteiger partial charge on any atom is -0.392 e. The topological polar surface area (TPSA) is 66.4 Å². The van der Waals surface area contributed by atoms with E-state index in [9.17, 15) is 13.5 Å². The highest BCUT2D eigenvalue weighted by Gasteiger charge is 2.18. The monoisotopic (exact) mass is 313 g/mol. The van der Waals surface area contributed by atoms with Crippen LogP contribution in [-0.4, -0.2) is 19.6 Å². The SMILES string of the molecule is Cc1ccc(S(=O)(=O)NC(C)CCCC(C)C)cc1CO. The van der Waals surface area contributed by atoms with Gasteiger partial charge in [-0.1, -0.05) is 32.8 Å². The van der Waals surface area contributed by atoms with Crippen molar-refractivity contribution in [2.75, 3.05) is 0 Å². The van der Waals surface area contributed by atoms with Crippen LogP contribution in [0.1, 0.15) is 51.2 Å². The fourth-order valence-electron chi connectivity index (χ4n) is 2.21. The zero-order valence-electron chi connectivity index (χ0n) is 13.4. The number of rotatable bonds is 8. The molecule has 1 rings (SSSR count). The summed E-state index contributed by atoms with van der Waals surface area (Å²) >= 11 is 0. The first kappa shape index (κ1) is 18.1. The summed E-state index contributed by atoms with van der Waals surface area (Å²) in [6.45, 7) is 7.91. The quantitative estimate of drug-likeness (QED) is 0.775. The van der Waals surface area contributed by atoms with Gasteiger partial charge in [-0.05, 0) is 49.4 Å². The second-order valence-electron chi connectivity index (χ2n) is 6.09. The van der Waals surface area contributed by atoms with E-state index in [0.717, 1.165) is 24.8 Å². The molecule has 2 N–H and O–H groups in total. The zero-order valence-corrected chi connectivity index (χ0v) is 14.2. The maximum absolute atomic E-state index is 12.3. The van der Waals surface area contributed by atoms with E-state index in [1.54, 1.807) is 18.2 Å². The lowest BCUT2D eigenvalue weighted by molar-refractivity contribution is 0.280. The molecule has 0 bridgehead atoms. The Bertz CT molecular complexity index is 553. The van der Waals surface area contributed by atoms with E-state index in [2.05, 4.69) is 18.6 Å². The van der Waals surface area contributed by atoms with E-state index in [-0.39, 0.29) is 17.5 Å². The number of benzene rings is 1. The van der Waals surface area contributed by atoms with Crippen molar-refractivity contribution in [3.8, 4) is 0 Å². The number of sulfonamides is 1. The Hall–Kier alpha value is -0.910. The van der Waals surface area contributed by atoms with Crippen molar-refractivity contribution in [3.63, 3.8) is 0 Å². The maximum atomic E-state index is 12.3. The van der Waals surface area contributed by atoms with Crippen molar-refractivity contribution < 1.29 is 13.5 Å². The molecule has 1 aromatic carbocycles. The molecule has 0 aliphatic heterocycles. The molecule has 0 spiro atoms. The Kier molecular flexibility index (Phi) is 6.84. The van der Waals surface area contributed by atoms with Gasteiger partial charge in [-0.25, -0.2) is 13.1 Å². The fourth-order valence-corrected chi connectivity index (χ4v) is 3.54. The van der Waals surface area contributed by atoms with Gasteiger partial charge < -0.3 is 5.11 Å². The van der Waals surface area contributed by atoms with Gasteiger partial charge in [0.2, 0.25) is 10.0 Å². The van der Waals surface area contributed by atoms with E-state index in [1.807, 2.05) is 13.8 Å². The van der Waals surface area contributed by atoms with Crippen LogP contribution >= 0.6 is 0 Å². The Balaban J connectivity index is 2.72. The molecule has 120 valence electrons. The fraction of sp³-hybridized carbons (Fsp3) is 0.625. The predicted octanol–water partition coefficient (Wildman–Crippen LogP) is 2.98. The van der Waals surface area contributed by atoms with Gasteiger partial charge in [-0.3, -0.25) is 0 Å². The molecule has 0 heterocycles. The van der Waals surface area contributed by atoms with Gasteiger partial charge in [-0.2, -0.15) is 0 Å². The summed E-state index contributed by atoms with van der Waals surface area (Å²) in [6, 6.07) is 4.76. The highest BCUT2D eigenvalue weighted by Crippen LogP contribution is 2.17. The van der Waals surface area contributed by atoms with Crippen molar-refractivity contribution in [2.45, 2.75) is 64.5 Å². The van der Waals surface area contributed by atoms with E-state index in [0.29, 0.717) is 11.5 Å². The van der Waals surface area contributed by atoms with E-state index < -0.39 is 10.0 Å². The number of aliphatic hydroxyl groups excluding tert-OH is 1. The molecule has 0 aliphatic rings. The predicted molar refractivity (Wildman–Crippen MR) is 85.6 cm³/mol. The van der Waals surface area contributed by atoms with Gasteiger partial charge in [0.1, 0.15) is 0 Å². The summed E-state index contributed by atoms with van der Waals surface area (Å²) < 4.78 is 27.4. The third kappa shape index (κ3) is 5.77. The zero-order chi connectivity index (χ0) is 16.0. The number of aryl methyl sites for hydroxylation is 1. The molecular formula is C16H27NO3S. The van der Waals surface area contributed by atoms with E-state index >= 15 is 0 Å². The number of hydrogen-bond acceptors (Lipinski definition) is 3. The third-order valence-corrected chi connectivity index (χ3v) is 5.16. The summed E-state index contributed by atoms with van der Waals surface area (Å²) in [4.78, 5) is 0.216. The van der Waals surface area contributed by atoms with Crippen LogP contribution in [0.5, 0.6) is 0 Å². The smallest absolute Gasteiger partial charge is 0.240 e. The molecular weight excluding hydrogens is 286 g/mol. The summed E-state index contributed by atoms with van der Waals surface area (Å²) in [7, 11) is -3.52. The summed E-state index contributed by atoms with van der Waals surface area (Å²) in [5, 5.41) is 9.24. The Morgan fingerprint density at radius 3 is 2.43 bits per heavy atom. The Morgan fingerprint density at radius 2 is 1.86 bits per heavy atom. The largest absolute Gasteiger partial charge is 0.392 e. The minimum atomic E-state index is -3.52. The summed E-state index contributed by atoms with van der Waals surface area (Å²) in [5.41, 5.74) is 1.53. The van der Waals surface area contributed by atoms with Crippen molar-refractivity contribution in [2.24, 2.45) is 5.92 Å². The molecule has 1 atom stereocenters. The average Bonchev–Trinajstić information content (AvgIpc) is 2.37. The van der Waals surface area contributed by atoms with Crippen molar-refractivity contribution in [1.82, 2.24) is 4.72 Å². The molecule has 5 heteroatoms. The van der Waals surface area contributed by atoms with Gasteiger partial charge in [0.15, 0.2) is 0 Å². The summed E-state index contributed by atoms with van der Waals surface area (Å²) in [5.74, 6) is 0.637. The lowest BCUT2D eigenvalue weighted by Gasteiger charge is -2.15. The molecule has 0 aliphatic carbocycles. The van der Waals surface area contributed by atoms with E-state index in [4.69, 9.17) is 0 Å². The van der Waals surface area contributed by atoms with Gasteiger partial charge in [-0.15, -0.1) is 0 Å². The first-order chi connectivity index (χ1) is 9.76. The van der Waals surface area contributed by atoms with Crippen molar-refractivity contribution in [1.29, 1.82) is 0 Å². The number of nitrogens with one attached hydrogen (secondary N) is 1. The Labute approximate surface area is 128 Å². The molecule has 4 nitrogen and oxygen atoms in total. The maximum Gasteiger partial charge on any atom is 0.240 e. The van der Waals surface area contributed by atoms with Crippen molar-refractivity contribution in [3.05, 3.63) is 29.3 Å². The van der Waals surface area contributed by atoms with Crippen LogP contribution in [0.15, 0.2) is 23.1 Å². The molecule has 0 amide bonds. The van der Waals surface area contributed by atoms with Gasteiger partial charge in [0.25, 0.3) is 0 Å². The molecule has 21 heavy (non-hydrogen) atoms. The number of aliphatic hydroxyl groups is 1. The second-order valence-corrected chi connectivity index (χ2v) is 7.81. The minimum absolute atomic E-state index is 0.0902. The van der Waals surface area contributed by atoms with Gasteiger partial charge >= 0.3 is 0 Å². The summed E-state index contributed by atoms with van der Waals surface area (Å²) in [6.07, 6.45) is 2.94. The molecule has 0 saturated carbocycles. The normalized spacial score (nSPS) is 13.6. The van der Waals surface area contributed by atoms with Crippen LogP contribution in [0, 0.1) is 12.8 Å². The molecule has 0 saturated heterocycles. The number of hydrogen-bond donors (Lipinski definition) is 2. The molecule has 1 aromatic rings. The van der Waals surface area contributed by atoms with Crippen LogP contribution in [0.2, 0.25) is 0 Å². The third-order valence-electron chi connectivity index (χ3n) is 3.58. The lowest BCUT2D eigenvalue weighted by Crippen LogP contribution is -2.32. The Morgan fingerprint density at radius 1 is 1.19 bits per heavy atom. The molecule has 0 radical (unpaired) electrons. The highest BCUT2D eigenvalue weighted by molar-refractivity contribution is 7.89. The standard InChI is InChI=1S/C16H27NO3S/c1-12(2)6-5-7-14(4)17-21(19,20)16-9-8-13(3)15(10-16)11-18/h8-10,12,14,17-18H,5-7,11H2,1-4H3. The molecule has 0 aromatic heterocycles. The van der Waals surface area contributed by atoms with Gasteiger partial charge in [0.05, 0.1) is 11.5 Å². The molecule has 1 unspecified atom stereocenters. The molecule has 0 fully saturated rings. The average molecular weight is 313 g/mol. The van der Waals surface area contributed by atoms with Gasteiger partial charge in [0, 0.05) is 6.04 Å². The van der Waals surface area contributed by atoms with Crippen LogP contribution in [0.3, 0.4) is 0 Å². The second kappa shape index (κ2) is 7.92.